The zero-order valence-electron chi connectivity index (χ0n) is 15.8. The molecule has 1 atom stereocenters. The number of benzene rings is 3. The summed E-state index contributed by atoms with van der Waals surface area (Å²) in [5.74, 6) is 0. The van der Waals surface area contributed by atoms with Gasteiger partial charge in [-0.2, -0.15) is 0 Å². The van der Waals surface area contributed by atoms with Crippen molar-refractivity contribution in [2.24, 2.45) is 0 Å². The third kappa shape index (κ3) is 2.33. The molecule has 0 aliphatic heterocycles. The lowest BCUT2D eigenvalue weighted by Gasteiger charge is -2.34. The molecule has 0 amide bonds. The van der Waals surface area contributed by atoms with Crippen LogP contribution >= 0.6 is 0 Å². The van der Waals surface area contributed by atoms with Crippen LogP contribution in [0.25, 0.3) is 0 Å². The van der Waals surface area contributed by atoms with Gasteiger partial charge in [0.1, 0.15) is 0 Å². The van der Waals surface area contributed by atoms with Gasteiger partial charge in [0.05, 0.1) is 0 Å². The first kappa shape index (κ1) is 16.7. The summed E-state index contributed by atoms with van der Waals surface area (Å²) in [5, 5.41) is 0. The van der Waals surface area contributed by atoms with Gasteiger partial charge >= 0.3 is 0 Å². The zero-order chi connectivity index (χ0) is 18.5. The van der Waals surface area contributed by atoms with Gasteiger partial charge in [-0.25, -0.2) is 0 Å². The van der Waals surface area contributed by atoms with Crippen molar-refractivity contribution in [3.05, 3.63) is 93.5 Å². The number of aryl methyl sites for hydroxylation is 2. The van der Waals surface area contributed by atoms with Crippen LogP contribution < -0.4 is 11.5 Å². The van der Waals surface area contributed by atoms with Crippen LogP contribution in [0.2, 0.25) is 0 Å². The molecule has 1 aliphatic rings. The van der Waals surface area contributed by atoms with Crippen molar-refractivity contribution in [2.45, 2.75) is 39.0 Å². The molecule has 0 radical (unpaired) electrons. The summed E-state index contributed by atoms with van der Waals surface area (Å²) in [5.41, 5.74) is 23.1. The Morgan fingerprint density at radius 2 is 1.42 bits per heavy atom. The Balaban J connectivity index is 2.07. The van der Waals surface area contributed by atoms with E-state index in [4.69, 9.17) is 11.5 Å². The van der Waals surface area contributed by atoms with Gasteiger partial charge in [0, 0.05) is 16.8 Å². The minimum absolute atomic E-state index is 0.166. The lowest BCUT2D eigenvalue weighted by Crippen LogP contribution is -2.28. The molecule has 1 aliphatic carbocycles. The van der Waals surface area contributed by atoms with Crippen LogP contribution in [0, 0.1) is 20.8 Å². The summed E-state index contributed by atoms with van der Waals surface area (Å²) in [6.07, 6.45) is 2.12. The molecule has 3 aromatic rings. The molecule has 4 rings (SSSR count). The predicted octanol–water partition coefficient (Wildman–Crippen LogP) is 5.06. The fourth-order valence-corrected chi connectivity index (χ4v) is 4.59. The molecular weight excluding hydrogens is 316 g/mol. The van der Waals surface area contributed by atoms with E-state index in [9.17, 15) is 0 Å². The standard InChI is InChI=1S/C24H26N2/c1-15-4-11-22(17(3)16(15)2)24(19-6-9-20(25)10-7-19)13-12-18-5-8-21(26)14-23(18)24/h4-11,14H,12-13,25-26H2,1-3H3. The average molecular weight is 342 g/mol. The van der Waals surface area contributed by atoms with E-state index in [1.807, 2.05) is 18.2 Å². The van der Waals surface area contributed by atoms with E-state index in [1.54, 1.807) is 0 Å². The number of anilines is 2. The monoisotopic (exact) mass is 342 g/mol. The lowest BCUT2D eigenvalue weighted by atomic mass is 9.68. The maximum Gasteiger partial charge on any atom is 0.0460 e. The molecule has 1 unspecified atom stereocenters. The molecule has 0 bridgehead atoms. The van der Waals surface area contributed by atoms with E-state index >= 15 is 0 Å². The number of hydrogen-bond acceptors (Lipinski definition) is 2. The first-order valence-corrected chi connectivity index (χ1v) is 9.25. The molecular formula is C24H26N2. The highest BCUT2D eigenvalue weighted by molar-refractivity contribution is 5.63. The van der Waals surface area contributed by atoms with Crippen molar-refractivity contribution in [3.63, 3.8) is 0 Å². The topological polar surface area (TPSA) is 52.0 Å². The van der Waals surface area contributed by atoms with Crippen molar-refractivity contribution < 1.29 is 0 Å². The van der Waals surface area contributed by atoms with Gasteiger partial charge in [0.15, 0.2) is 0 Å². The van der Waals surface area contributed by atoms with Crippen LogP contribution in [0.5, 0.6) is 0 Å². The molecule has 0 spiro atoms. The van der Waals surface area contributed by atoms with Gasteiger partial charge in [-0.3, -0.25) is 0 Å². The average Bonchev–Trinajstić information content (AvgIpc) is 3.00. The molecule has 0 saturated heterocycles. The third-order valence-electron chi connectivity index (χ3n) is 6.28. The van der Waals surface area contributed by atoms with E-state index in [0.717, 1.165) is 24.2 Å². The summed E-state index contributed by atoms with van der Waals surface area (Å²) in [6.45, 7) is 6.66. The largest absolute Gasteiger partial charge is 0.399 e. The second-order valence-corrected chi connectivity index (χ2v) is 7.62. The highest BCUT2D eigenvalue weighted by Crippen LogP contribution is 2.51. The minimum atomic E-state index is -0.166. The van der Waals surface area contributed by atoms with Gasteiger partial charge in [0.2, 0.25) is 0 Å². The normalized spacial score (nSPS) is 18.7. The van der Waals surface area contributed by atoms with Crippen LogP contribution in [-0.4, -0.2) is 0 Å². The quantitative estimate of drug-likeness (QED) is 0.640. The molecule has 4 N–H and O–H groups in total. The molecule has 0 heterocycles. The van der Waals surface area contributed by atoms with Gasteiger partial charge < -0.3 is 11.5 Å². The lowest BCUT2D eigenvalue weighted by molar-refractivity contribution is 0.605. The summed E-state index contributed by atoms with van der Waals surface area (Å²) < 4.78 is 0. The maximum atomic E-state index is 6.20. The van der Waals surface area contributed by atoms with Crippen LogP contribution in [0.15, 0.2) is 54.6 Å². The summed E-state index contributed by atoms with van der Waals surface area (Å²) in [6, 6.07) is 19.3. The molecule has 0 fully saturated rings. The second-order valence-electron chi connectivity index (χ2n) is 7.62. The Morgan fingerprint density at radius 1 is 0.731 bits per heavy atom. The van der Waals surface area contributed by atoms with Crippen molar-refractivity contribution in [1.29, 1.82) is 0 Å². The van der Waals surface area contributed by atoms with Crippen LogP contribution in [0.4, 0.5) is 11.4 Å². The van der Waals surface area contributed by atoms with Crippen LogP contribution in [0.1, 0.15) is 45.4 Å². The van der Waals surface area contributed by atoms with Gasteiger partial charge in [-0.1, -0.05) is 30.3 Å². The highest BCUT2D eigenvalue weighted by Gasteiger charge is 2.43. The summed E-state index contributed by atoms with van der Waals surface area (Å²) >= 11 is 0. The fourth-order valence-electron chi connectivity index (χ4n) is 4.59. The molecule has 0 aromatic heterocycles. The van der Waals surface area contributed by atoms with Crippen molar-refractivity contribution in [3.8, 4) is 0 Å². The summed E-state index contributed by atoms with van der Waals surface area (Å²) in [4.78, 5) is 0. The number of hydrogen-bond donors (Lipinski definition) is 2. The molecule has 3 aromatic carbocycles. The molecule has 2 nitrogen and oxygen atoms in total. The fraction of sp³-hybridized carbons (Fsp3) is 0.250. The molecule has 132 valence electrons. The Hall–Kier alpha value is -2.74. The number of rotatable bonds is 2. The Kier molecular flexibility index (Phi) is 3.80. The zero-order valence-corrected chi connectivity index (χ0v) is 15.8. The van der Waals surface area contributed by atoms with Crippen molar-refractivity contribution in [2.75, 3.05) is 11.5 Å². The Labute approximate surface area is 155 Å². The van der Waals surface area contributed by atoms with Crippen molar-refractivity contribution >= 4 is 11.4 Å². The smallest absolute Gasteiger partial charge is 0.0460 e. The molecule has 2 heteroatoms. The number of nitrogens with two attached hydrogens (primary N) is 2. The molecule has 0 saturated carbocycles. The van der Waals surface area contributed by atoms with Crippen LogP contribution in [-0.2, 0) is 11.8 Å². The second kappa shape index (κ2) is 5.91. The van der Waals surface area contributed by atoms with Crippen LogP contribution in [0.3, 0.4) is 0 Å². The van der Waals surface area contributed by atoms with Crippen molar-refractivity contribution in [1.82, 2.24) is 0 Å². The SMILES string of the molecule is Cc1ccc(C2(c3ccc(N)cc3)CCc3ccc(N)cc32)c(C)c1C. The first-order valence-electron chi connectivity index (χ1n) is 9.25. The van der Waals surface area contributed by atoms with E-state index in [-0.39, 0.29) is 5.41 Å². The van der Waals surface area contributed by atoms with E-state index in [1.165, 1.54) is 38.9 Å². The number of nitrogen functional groups attached to an aromatic ring is 2. The molecule has 26 heavy (non-hydrogen) atoms. The van der Waals surface area contributed by atoms with Gasteiger partial charge in [-0.15, -0.1) is 0 Å². The van der Waals surface area contributed by atoms with Gasteiger partial charge in [-0.05, 0) is 96.8 Å². The Morgan fingerprint density at radius 3 is 2.15 bits per heavy atom. The number of fused-ring (bicyclic) bond motifs is 1. The Bertz CT molecular complexity index is 986. The highest BCUT2D eigenvalue weighted by atomic mass is 14.6. The maximum absolute atomic E-state index is 6.20. The van der Waals surface area contributed by atoms with Gasteiger partial charge in [0.25, 0.3) is 0 Å². The first-order chi connectivity index (χ1) is 12.4. The van der Waals surface area contributed by atoms with E-state index < -0.39 is 0 Å². The van der Waals surface area contributed by atoms with E-state index in [0.29, 0.717) is 0 Å². The predicted molar refractivity (Wildman–Crippen MR) is 111 cm³/mol. The third-order valence-corrected chi connectivity index (χ3v) is 6.28. The minimum Gasteiger partial charge on any atom is -0.399 e. The van der Waals surface area contributed by atoms with E-state index in [2.05, 4.69) is 57.2 Å². The summed E-state index contributed by atoms with van der Waals surface area (Å²) in [7, 11) is 0.